The van der Waals surface area contributed by atoms with Crippen LogP contribution in [0.5, 0.6) is 0 Å². The highest BCUT2D eigenvalue weighted by Gasteiger charge is 2.49. The first kappa shape index (κ1) is 25.1. The van der Waals surface area contributed by atoms with E-state index in [-0.39, 0.29) is 18.3 Å². The van der Waals surface area contributed by atoms with Crippen molar-refractivity contribution in [3.05, 3.63) is 77.0 Å². The van der Waals surface area contributed by atoms with Crippen LogP contribution >= 0.6 is 11.6 Å². The fourth-order valence-electron chi connectivity index (χ4n) is 4.86. The molecular formula is C28H29ClFN4O3+. The first-order chi connectivity index (χ1) is 17.9. The van der Waals surface area contributed by atoms with E-state index in [1.165, 1.54) is 6.20 Å². The number of rotatable bonds is 9. The molecule has 2 heterocycles. The van der Waals surface area contributed by atoms with Gasteiger partial charge in [-0.1, -0.05) is 41.9 Å². The van der Waals surface area contributed by atoms with E-state index in [4.69, 9.17) is 16.3 Å². The van der Waals surface area contributed by atoms with Crippen LogP contribution in [-0.4, -0.2) is 23.0 Å². The zero-order valence-corrected chi connectivity index (χ0v) is 21.2. The van der Waals surface area contributed by atoms with Crippen LogP contribution in [0.1, 0.15) is 36.9 Å². The van der Waals surface area contributed by atoms with Crippen molar-refractivity contribution in [3.63, 3.8) is 0 Å². The number of hydrogen-bond acceptors (Lipinski definition) is 4. The summed E-state index contributed by atoms with van der Waals surface area (Å²) in [6.45, 7) is 1.88. The molecule has 192 valence electrons. The number of hydrogen-bond donors (Lipinski definition) is 2. The lowest BCUT2D eigenvalue weighted by Gasteiger charge is -2.25. The first-order valence-corrected chi connectivity index (χ1v) is 12.9. The number of H-pyrrole nitrogens is 1. The van der Waals surface area contributed by atoms with Crippen molar-refractivity contribution in [1.29, 1.82) is 0 Å². The number of nitrogens with one attached hydrogen (secondary N) is 3. The first-order valence-electron chi connectivity index (χ1n) is 12.5. The lowest BCUT2D eigenvalue weighted by atomic mass is 9.89. The van der Waals surface area contributed by atoms with Crippen molar-refractivity contribution in [2.45, 2.75) is 45.3 Å². The van der Waals surface area contributed by atoms with Crippen molar-refractivity contribution in [3.8, 4) is 11.1 Å². The molecule has 2 aromatic heterocycles. The number of benzene rings is 1. The standard InChI is InChI=1S/C28H28ClFN4O3/c1-16-22(13-20(29)14-31-16)21-11-12-23(32-26(21)30)33-27(35)25(24(18-7-8-18)19-9-10-19)34-28(36)37-15-17-5-3-2-4-6-17/h2-6,11-14,18-19,24-25H,7-10,15H2,1H3,(H,34,36)(H,32,33,35)/p+1/t25-/m0/s1. The van der Waals surface area contributed by atoms with Crippen LogP contribution in [0.25, 0.3) is 11.1 Å². The van der Waals surface area contributed by atoms with E-state index in [1.807, 2.05) is 30.3 Å². The maximum Gasteiger partial charge on any atom is 0.408 e. The highest BCUT2D eigenvalue weighted by atomic mass is 35.5. The summed E-state index contributed by atoms with van der Waals surface area (Å²) < 4.78 is 20.4. The van der Waals surface area contributed by atoms with Gasteiger partial charge in [0.25, 0.3) is 11.8 Å². The Bertz CT molecular complexity index is 1290. The van der Waals surface area contributed by atoms with Gasteiger partial charge in [-0.3, -0.25) is 4.98 Å². The second-order valence-corrected chi connectivity index (χ2v) is 10.2. The number of nitrogens with zero attached hydrogens (tertiary/aromatic N) is 1. The molecule has 37 heavy (non-hydrogen) atoms. The molecule has 9 heteroatoms. The molecule has 7 nitrogen and oxygen atoms in total. The molecule has 0 radical (unpaired) electrons. The normalized spacial score (nSPS) is 15.8. The van der Waals surface area contributed by atoms with E-state index in [0.717, 1.165) is 31.2 Å². The Morgan fingerprint density at radius 1 is 1.11 bits per heavy atom. The third-order valence-electron chi connectivity index (χ3n) is 6.99. The van der Waals surface area contributed by atoms with Gasteiger partial charge in [0.1, 0.15) is 12.6 Å². The van der Waals surface area contributed by atoms with Gasteiger partial charge >= 0.3 is 12.0 Å². The van der Waals surface area contributed by atoms with Gasteiger partial charge in [-0.05, 0) is 68.1 Å². The van der Waals surface area contributed by atoms with Crippen LogP contribution in [0.2, 0.25) is 5.02 Å². The topological polar surface area (TPSA) is 94.5 Å². The van der Waals surface area contributed by atoms with Crippen molar-refractivity contribution in [1.82, 2.24) is 10.3 Å². The van der Waals surface area contributed by atoms with Gasteiger partial charge in [-0.25, -0.2) is 19.9 Å². The molecule has 3 aromatic rings. The molecule has 2 amide bonds. The molecule has 1 atom stereocenters. The molecule has 0 aliphatic heterocycles. The number of aryl methyl sites for hydroxylation is 1. The third kappa shape index (κ3) is 6.25. The summed E-state index contributed by atoms with van der Waals surface area (Å²) >= 11 is 6.05. The molecule has 0 spiro atoms. The van der Waals surface area contributed by atoms with Crippen LogP contribution < -0.4 is 15.6 Å². The quantitative estimate of drug-likeness (QED) is 0.370. The van der Waals surface area contributed by atoms with Gasteiger partial charge in [0.15, 0.2) is 0 Å². The molecular weight excluding hydrogens is 495 g/mol. The molecule has 2 aliphatic carbocycles. The highest BCUT2D eigenvalue weighted by Crippen LogP contribution is 2.50. The predicted octanol–water partition coefficient (Wildman–Crippen LogP) is 5.33. The maximum atomic E-state index is 15.0. The summed E-state index contributed by atoms with van der Waals surface area (Å²) in [7, 11) is 0. The fourth-order valence-corrected chi connectivity index (χ4v) is 5.02. The zero-order chi connectivity index (χ0) is 25.9. The number of alkyl carbamates (subject to hydrolysis) is 1. The van der Waals surface area contributed by atoms with Crippen LogP contribution in [0.15, 0.2) is 54.7 Å². The van der Waals surface area contributed by atoms with E-state index in [9.17, 15) is 9.59 Å². The number of amides is 2. The van der Waals surface area contributed by atoms with E-state index < -0.39 is 24.0 Å². The van der Waals surface area contributed by atoms with Gasteiger partial charge in [-0.15, -0.1) is 0 Å². The van der Waals surface area contributed by atoms with E-state index >= 15 is 4.39 Å². The Morgan fingerprint density at radius 2 is 1.81 bits per heavy atom. The summed E-state index contributed by atoms with van der Waals surface area (Å²) in [4.78, 5) is 32.9. The van der Waals surface area contributed by atoms with Crippen molar-refractivity contribution < 1.29 is 23.7 Å². The smallest absolute Gasteiger partial charge is 0.408 e. The highest BCUT2D eigenvalue weighted by molar-refractivity contribution is 6.30. The van der Waals surface area contributed by atoms with Crippen LogP contribution in [0.4, 0.5) is 15.0 Å². The molecule has 2 aliphatic rings. The number of carbonyl (C=O) groups excluding carboxylic acids is 2. The number of aromatic amines is 1. The van der Waals surface area contributed by atoms with E-state index in [2.05, 4.69) is 20.6 Å². The molecule has 1 aromatic carbocycles. The lowest BCUT2D eigenvalue weighted by Crippen LogP contribution is -2.50. The average Bonchev–Trinajstić information content (AvgIpc) is 3.80. The summed E-state index contributed by atoms with van der Waals surface area (Å²) in [5, 5.41) is 5.98. The number of pyridine rings is 2. The summed E-state index contributed by atoms with van der Waals surface area (Å²) in [6, 6.07) is 13.4. The third-order valence-corrected chi connectivity index (χ3v) is 7.19. The maximum absolute atomic E-state index is 15.0. The number of anilines is 1. The fraction of sp³-hybridized carbons (Fsp3) is 0.357. The van der Waals surface area contributed by atoms with Gasteiger partial charge < -0.3 is 10.1 Å². The second kappa shape index (κ2) is 10.8. The van der Waals surface area contributed by atoms with Crippen molar-refractivity contribution in [2.24, 2.45) is 17.8 Å². The summed E-state index contributed by atoms with van der Waals surface area (Å²) in [6.07, 6.45) is 5.00. The lowest BCUT2D eigenvalue weighted by molar-refractivity contribution is -0.404. The molecule has 2 saturated carbocycles. The monoisotopic (exact) mass is 523 g/mol. The molecule has 0 saturated heterocycles. The summed E-state index contributed by atoms with van der Waals surface area (Å²) in [5.74, 6) is -0.0393. The van der Waals surface area contributed by atoms with Crippen LogP contribution in [0, 0.1) is 30.6 Å². The minimum atomic E-state index is -0.779. The van der Waals surface area contributed by atoms with Crippen LogP contribution in [0.3, 0.4) is 0 Å². The number of halogens is 2. The average molecular weight is 524 g/mol. The van der Waals surface area contributed by atoms with E-state index in [1.54, 1.807) is 25.1 Å². The van der Waals surface area contributed by atoms with Crippen molar-refractivity contribution in [2.75, 3.05) is 5.32 Å². The van der Waals surface area contributed by atoms with Crippen LogP contribution in [-0.2, 0) is 16.1 Å². The van der Waals surface area contributed by atoms with E-state index in [0.29, 0.717) is 33.7 Å². The summed E-state index contributed by atoms with van der Waals surface area (Å²) in [5.41, 5.74) is 2.33. The van der Waals surface area contributed by atoms with Crippen molar-refractivity contribution >= 4 is 29.4 Å². The Labute approximate surface area is 219 Å². The molecule has 5 rings (SSSR count). The molecule has 0 unspecified atom stereocenters. The Hall–Kier alpha value is -3.52. The number of ether oxygens (including phenoxy) is 1. The second-order valence-electron chi connectivity index (χ2n) is 9.81. The Balaban J connectivity index is 1.31. The largest absolute Gasteiger partial charge is 0.445 e. The number of aromatic nitrogens is 2. The minimum absolute atomic E-state index is 0.0218. The minimum Gasteiger partial charge on any atom is -0.445 e. The van der Waals surface area contributed by atoms with Gasteiger partial charge in [-0.2, -0.15) is 4.39 Å². The Kier molecular flexibility index (Phi) is 7.37. The van der Waals surface area contributed by atoms with Gasteiger partial charge in [0, 0.05) is 23.5 Å². The Morgan fingerprint density at radius 3 is 2.46 bits per heavy atom. The molecule has 2 fully saturated rings. The number of carbonyl (C=O) groups is 2. The molecule has 3 N–H and O–H groups in total. The van der Waals surface area contributed by atoms with Gasteiger partial charge in [0.2, 0.25) is 0 Å². The molecule has 0 bridgehead atoms. The predicted molar refractivity (Wildman–Crippen MR) is 137 cm³/mol. The SMILES string of the molecule is Cc1ncc(Cl)cc1-c1ccc(NC(=O)[C@@H](NC(=O)OCc2ccccc2)C(C2CC2)C2CC2)[nH+]c1F. The van der Waals surface area contributed by atoms with Gasteiger partial charge in [0.05, 0.1) is 10.6 Å². The zero-order valence-electron chi connectivity index (χ0n) is 20.5.